The fourth-order valence-electron chi connectivity index (χ4n) is 0.744. The summed E-state index contributed by atoms with van der Waals surface area (Å²) in [5.74, 6) is 0.337. The Balaban J connectivity index is 2.41. The van der Waals surface area contributed by atoms with Crippen molar-refractivity contribution in [1.82, 2.24) is 9.97 Å². The number of nitrogens with one attached hydrogen (secondary N) is 1. The zero-order chi connectivity index (χ0) is 9.68. The van der Waals surface area contributed by atoms with Crippen molar-refractivity contribution in [2.45, 2.75) is 6.42 Å². The van der Waals surface area contributed by atoms with Gasteiger partial charge in [-0.3, -0.25) is 4.79 Å². The third-order valence-corrected chi connectivity index (χ3v) is 1.74. The van der Waals surface area contributed by atoms with Crippen LogP contribution in [0.5, 0.6) is 0 Å². The van der Waals surface area contributed by atoms with Gasteiger partial charge in [-0.15, -0.1) is 0 Å². The molecule has 0 saturated carbocycles. The van der Waals surface area contributed by atoms with Crippen molar-refractivity contribution in [2.24, 2.45) is 5.73 Å². The summed E-state index contributed by atoms with van der Waals surface area (Å²) in [5.41, 5.74) is 4.97. The zero-order valence-electron chi connectivity index (χ0n) is 6.83. The third kappa shape index (κ3) is 3.84. The van der Waals surface area contributed by atoms with E-state index in [0.717, 1.165) is 0 Å². The van der Waals surface area contributed by atoms with Gasteiger partial charge in [-0.1, -0.05) is 0 Å². The van der Waals surface area contributed by atoms with Gasteiger partial charge < -0.3 is 11.1 Å². The van der Waals surface area contributed by atoms with Crippen molar-refractivity contribution in [3.05, 3.63) is 17.0 Å². The lowest BCUT2D eigenvalue weighted by molar-refractivity contribution is -0.117. The molecule has 0 unspecified atom stereocenters. The van der Waals surface area contributed by atoms with Crippen LogP contribution in [0.1, 0.15) is 6.42 Å². The minimum Gasteiger partial charge on any atom is -0.370 e. The molecule has 5 nitrogen and oxygen atoms in total. The number of halogens is 1. The van der Waals surface area contributed by atoms with E-state index < -0.39 is 0 Å². The van der Waals surface area contributed by atoms with Crippen molar-refractivity contribution in [3.63, 3.8) is 0 Å². The summed E-state index contributed by atoms with van der Waals surface area (Å²) >= 11 is 3.20. The number of aromatic nitrogens is 2. The van der Waals surface area contributed by atoms with Gasteiger partial charge in [0.1, 0.15) is 16.7 Å². The Bertz CT molecular complexity index is 304. The van der Waals surface area contributed by atoms with Gasteiger partial charge in [0.05, 0.1) is 0 Å². The number of carbonyl (C=O) groups excluding carboxylic acids is 1. The Hall–Kier alpha value is -1.17. The topological polar surface area (TPSA) is 80.9 Å². The monoisotopic (exact) mass is 244 g/mol. The van der Waals surface area contributed by atoms with Gasteiger partial charge in [-0.05, 0) is 15.9 Å². The maximum absolute atomic E-state index is 10.4. The second kappa shape index (κ2) is 4.76. The number of hydrogen-bond acceptors (Lipinski definition) is 4. The molecule has 70 valence electrons. The smallest absolute Gasteiger partial charge is 0.219 e. The number of hydrogen-bond donors (Lipinski definition) is 2. The first-order valence-corrected chi connectivity index (χ1v) is 4.47. The highest BCUT2D eigenvalue weighted by molar-refractivity contribution is 9.10. The van der Waals surface area contributed by atoms with Crippen LogP contribution in [0, 0.1) is 0 Å². The van der Waals surface area contributed by atoms with Crippen LogP contribution in [0.3, 0.4) is 0 Å². The standard InChI is InChI=1S/C7H9BrN4O/c8-5-3-7(12-4-11-5)10-2-1-6(9)13/h3-4H,1-2H2,(H2,9,13)(H,10,11,12). The van der Waals surface area contributed by atoms with Crippen LogP contribution >= 0.6 is 15.9 Å². The SMILES string of the molecule is NC(=O)CCNc1cc(Br)ncn1. The van der Waals surface area contributed by atoms with E-state index in [0.29, 0.717) is 23.4 Å². The van der Waals surface area contributed by atoms with Crippen molar-refractivity contribution < 1.29 is 4.79 Å². The van der Waals surface area contributed by atoms with Crippen LogP contribution in [-0.4, -0.2) is 22.4 Å². The zero-order valence-corrected chi connectivity index (χ0v) is 8.41. The molecule has 0 bridgehead atoms. The Morgan fingerprint density at radius 1 is 1.62 bits per heavy atom. The highest BCUT2D eigenvalue weighted by Gasteiger charge is 1.96. The Morgan fingerprint density at radius 2 is 2.38 bits per heavy atom. The number of rotatable bonds is 4. The summed E-state index contributed by atoms with van der Waals surface area (Å²) in [6.45, 7) is 0.485. The van der Waals surface area contributed by atoms with E-state index in [1.807, 2.05) is 0 Å². The van der Waals surface area contributed by atoms with Crippen molar-refractivity contribution in [3.8, 4) is 0 Å². The lowest BCUT2D eigenvalue weighted by Gasteiger charge is -2.02. The van der Waals surface area contributed by atoms with E-state index in [-0.39, 0.29) is 5.91 Å². The lowest BCUT2D eigenvalue weighted by Crippen LogP contribution is -2.16. The number of primary amides is 1. The normalized spacial score (nSPS) is 9.62. The van der Waals surface area contributed by atoms with Crippen LogP contribution < -0.4 is 11.1 Å². The molecule has 1 heterocycles. The molecule has 1 amide bonds. The van der Waals surface area contributed by atoms with E-state index in [4.69, 9.17) is 5.73 Å². The van der Waals surface area contributed by atoms with Gasteiger partial charge in [0.15, 0.2) is 0 Å². The Kier molecular flexibility index (Phi) is 3.63. The molecule has 0 fully saturated rings. The molecule has 6 heteroatoms. The number of anilines is 1. The van der Waals surface area contributed by atoms with Gasteiger partial charge in [0.25, 0.3) is 0 Å². The summed E-state index contributed by atoms with van der Waals surface area (Å²) in [4.78, 5) is 18.2. The molecule has 0 spiro atoms. The summed E-state index contributed by atoms with van der Waals surface area (Å²) in [5, 5.41) is 2.93. The molecule has 1 rings (SSSR count). The molecule has 0 aliphatic rings. The molecule has 1 aromatic heterocycles. The lowest BCUT2D eigenvalue weighted by atomic mass is 10.4. The van der Waals surface area contributed by atoms with Gasteiger partial charge in [-0.2, -0.15) is 0 Å². The van der Waals surface area contributed by atoms with Crippen LogP contribution in [0.15, 0.2) is 17.0 Å². The molecule has 0 atom stereocenters. The molecule has 0 saturated heterocycles. The first kappa shape index (κ1) is 9.91. The van der Waals surface area contributed by atoms with Crippen molar-refractivity contribution in [2.75, 3.05) is 11.9 Å². The first-order valence-electron chi connectivity index (χ1n) is 3.68. The quantitative estimate of drug-likeness (QED) is 0.758. The van der Waals surface area contributed by atoms with Gasteiger partial charge in [0, 0.05) is 19.0 Å². The van der Waals surface area contributed by atoms with Crippen LogP contribution in [-0.2, 0) is 4.79 Å². The summed E-state index contributed by atoms with van der Waals surface area (Å²) in [7, 11) is 0. The average molecular weight is 245 g/mol. The number of nitrogens with zero attached hydrogens (tertiary/aromatic N) is 2. The minimum absolute atomic E-state index is 0.293. The minimum atomic E-state index is -0.333. The maximum Gasteiger partial charge on any atom is 0.219 e. The van der Waals surface area contributed by atoms with Crippen molar-refractivity contribution in [1.29, 1.82) is 0 Å². The largest absolute Gasteiger partial charge is 0.370 e. The molecule has 3 N–H and O–H groups in total. The Morgan fingerprint density at radius 3 is 3.00 bits per heavy atom. The van der Waals surface area contributed by atoms with Gasteiger partial charge >= 0.3 is 0 Å². The van der Waals surface area contributed by atoms with Gasteiger partial charge in [-0.25, -0.2) is 9.97 Å². The van der Waals surface area contributed by atoms with E-state index in [1.165, 1.54) is 6.33 Å². The molecule has 1 aromatic rings. The van der Waals surface area contributed by atoms with Crippen molar-refractivity contribution >= 4 is 27.7 Å². The predicted octanol–water partition coefficient (Wildman–Crippen LogP) is 0.526. The molecule has 13 heavy (non-hydrogen) atoms. The molecular weight excluding hydrogens is 236 g/mol. The highest BCUT2D eigenvalue weighted by atomic mass is 79.9. The number of amides is 1. The fourth-order valence-corrected chi connectivity index (χ4v) is 1.05. The van der Waals surface area contributed by atoms with Gasteiger partial charge in [0.2, 0.25) is 5.91 Å². The number of nitrogens with two attached hydrogens (primary N) is 1. The Labute approximate surface area is 83.9 Å². The number of carbonyl (C=O) groups is 1. The summed E-state index contributed by atoms with van der Waals surface area (Å²) < 4.78 is 0.698. The highest BCUT2D eigenvalue weighted by Crippen LogP contribution is 2.08. The van der Waals surface area contributed by atoms with Crippen LogP contribution in [0.2, 0.25) is 0 Å². The van der Waals surface area contributed by atoms with Crippen LogP contribution in [0.4, 0.5) is 5.82 Å². The molecule has 0 aliphatic heterocycles. The maximum atomic E-state index is 10.4. The van der Waals surface area contributed by atoms with Crippen LogP contribution in [0.25, 0.3) is 0 Å². The van der Waals surface area contributed by atoms with E-state index in [2.05, 4.69) is 31.2 Å². The average Bonchev–Trinajstić information content (AvgIpc) is 2.03. The second-order valence-corrected chi connectivity index (χ2v) is 3.18. The predicted molar refractivity (Wildman–Crippen MR) is 52.0 cm³/mol. The molecule has 0 aromatic carbocycles. The summed E-state index contributed by atoms with van der Waals surface area (Å²) in [6, 6.07) is 1.72. The molecule has 0 aliphatic carbocycles. The molecular formula is C7H9BrN4O. The fraction of sp³-hybridized carbons (Fsp3) is 0.286. The van der Waals surface area contributed by atoms with E-state index in [9.17, 15) is 4.79 Å². The van der Waals surface area contributed by atoms with E-state index in [1.54, 1.807) is 6.07 Å². The molecule has 0 radical (unpaired) electrons. The second-order valence-electron chi connectivity index (χ2n) is 2.37. The third-order valence-electron chi connectivity index (χ3n) is 1.31. The first-order chi connectivity index (χ1) is 6.18. The summed E-state index contributed by atoms with van der Waals surface area (Å²) in [6.07, 6.45) is 1.72. The van der Waals surface area contributed by atoms with E-state index >= 15 is 0 Å².